The summed E-state index contributed by atoms with van der Waals surface area (Å²) < 4.78 is 9.45. The summed E-state index contributed by atoms with van der Waals surface area (Å²) in [5.41, 5.74) is 0.695. The summed E-state index contributed by atoms with van der Waals surface area (Å²) in [6, 6.07) is 0. The van der Waals surface area contributed by atoms with Crippen LogP contribution >= 0.6 is 0 Å². The number of carbonyl (C=O) groups excluding carboxylic acids is 2. The lowest BCUT2D eigenvalue weighted by molar-refractivity contribution is -0.136. The van der Waals surface area contributed by atoms with Crippen LogP contribution in [-0.2, 0) is 19.1 Å². The first kappa shape index (κ1) is 22.4. The van der Waals surface area contributed by atoms with E-state index in [0.717, 1.165) is 19.1 Å². The first-order valence-electron chi connectivity index (χ1n) is 9.16. The molecule has 0 heterocycles. The molecule has 0 fully saturated rings. The van der Waals surface area contributed by atoms with Gasteiger partial charge in [0.05, 0.1) is 12.7 Å². The third-order valence-corrected chi connectivity index (χ3v) is 3.97. The second kappa shape index (κ2) is 15.0. The lowest BCUT2D eigenvalue weighted by Crippen LogP contribution is -2.06. The van der Waals surface area contributed by atoms with Gasteiger partial charge in [0.15, 0.2) is 0 Å². The molecule has 0 aromatic rings. The molecule has 24 heavy (non-hydrogen) atoms. The van der Waals surface area contributed by atoms with Crippen molar-refractivity contribution in [2.24, 2.45) is 0 Å². The zero-order valence-electron chi connectivity index (χ0n) is 15.7. The van der Waals surface area contributed by atoms with Crippen LogP contribution in [0.4, 0.5) is 0 Å². The Morgan fingerprint density at radius 1 is 0.875 bits per heavy atom. The Hall–Kier alpha value is -1.58. The van der Waals surface area contributed by atoms with Crippen molar-refractivity contribution < 1.29 is 19.1 Å². The molecule has 138 valence electrons. The third kappa shape index (κ3) is 11.9. The van der Waals surface area contributed by atoms with E-state index < -0.39 is 11.9 Å². The maximum Gasteiger partial charge on any atom is 0.338 e. The van der Waals surface area contributed by atoms with Gasteiger partial charge >= 0.3 is 11.9 Å². The fourth-order valence-electron chi connectivity index (χ4n) is 2.36. The maximum atomic E-state index is 11.7. The molecule has 0 aliphatic carbocycles. The van der Waals surface area contributed by atoms with Gasteiger partial charge in [0, 0.05) is 5.57 Å². The quantitative estimate of drug-likeness (QED) is 0.182. The highest BCUT2D eigenvalue weighted by Gasteiger charge is 2.09. The normalized spacial score (nSPS) is 11.2. The van der Waals surface area contributed by atoms with Gasteiger partial charge in [-0.2, -0.15) is 0 Å². The van der Waals surface area contributed by atoms with E-state index in [-0.39, 0.29) is 5.57 Å². The van der Waals surface area contributed by atoms with Crippen LogP contribution in [0, 0.1) is 0 Å². The van der Waals surface area contributed by atoms with Gasteiger partial charge in [-0.15, -0.1) is 0 Å². The predicted octanol–water partition coefficient (Wildman–Crippen LogP) is 5.47. The molecule has 0 atom stereocenters. The number of esters is 2. The monoisotopic (exact) mass is 338 g/mol. The summed E-state index contributed by atoms with van der Waals surface area (Å²) in [6.07, 6.45) is 14.3. The molecule has 0 aliphatic heterocycles. The Morgan fingerprint density at radius 3 is 1.88 bits per heavy atom. The molecular formula is C20H34O4. The summed E-state index contributed by atoms with van der Waals surface area (Å²) in [6.45, 7) is 7.52. The van der Waals surface area contributed by atoms with Crippen LogP contribution in [0.1, 0.15) is 84.5 Å². The molecule has 0 bridgehead atoms. The van der Waals surface area contributed by atoms with Crippen LogP contribution in [0.25, 0.3) is 0 Å². The first-order chi connectivity index (χ1) is 11.5. The third-order valence-electron chi connectivity index (χ3n) is 3.97. The summed E-state index contributed by atoms with van der Waals surface area (Å²) in [7, 11) is 1.28. The van der Waals surface area contributed by atoms with E-state index in [0.29, 0.717) is 12.0 Å². The second-order valence-corrected chi connectivity index (χ2v) is 6.23. The Morgan fingerprint density at radius 2 is 1.38 bits per heavy atom. The minimum Gasteiger partial charge on any atom is -0.466 e. The number of carbonyl (C=O) groups is 2. The highest BCUT2D eigenvalue weighted by molar-refractivity contribution is 5.90. The van der Waals surface area contributed by atoms with E-state index in [1.54, 1.807) is 0 Å². The molecule has 0 saturated heterocycles. The molecule has 0 aromatic carbocycles. The highest BCUT2D eigenvalue weighted by atomic mass is 16.5. The van der Waals surface area contributed by atoms with Crippen molar-refractivity contribution in [3.05, 3.63) is 24.0 Å². The van der Waals surface area contributed by atoms with Gasteiger partial charge in [0.25, 0.3) is 0 Å². The van der Waals surface area contributed by atoms with E-state index in [1.807, 2.05) is 0 Å². The molecule has 0 radical (unpaired) electrons. The zero-order chi connectivity index (χ0) is 18.2. The van der Waals surface area contributed by atoms with Crippen molar-refractivity contribution in [2.45, 2.75) is 84.5 Å². The minimum atomic E-state index is -0.511. The van der Waals surface area contributed by atoms with Crippen molar-refractivity contribution in [1.82, 2.24) is 0 Å². The summed E-state index contributed by atoms with van der Waals surface area (Å²) in [5.74, 6) is -0.989. The van der Waals surface area contributed by atoms with Crippen molar-refractivity contribution in [2.75, 3.05) is 7.11 Å². The fraction of sp³-hybridized carbons (Fsp3) is 0.700. The number of rotatable bonds is 14. The van der Waals surface area contributed by atoms with Crippen LogP contribution in [0.3, 0.4) is 0 Å². The molecular weight excluding hydrogens is 304 g/mol. The van der Waals surface area contributed by atoms with Crippen LogP contribution in [0.15, 0.2) is 24.0 Å². The van der Waals surface area contributed by atoms with Crippen LogP contribution < -0.4 is 0 Å². The Kier molecular flexibility index (Phi) is 14.0. The smallest absolute Gasteiger partial charge is 0.338 e. The predicted molar refractivity (Wildman–Crippen MR) is 97.5 cm³/mol. The van der Waals surface area contributed by atoms with E-state index in [2.05, 4.69) is 18.2 Å². The molecule has 0 unspecified atom stereocenters. The number of hydrogen-bond acceptors (Lipinski definition) is 4. The first-order valence-corrected chi connectivity index (χ1v) is 9.16. The molecule has 0 spiro atoms. The lowest BCUT2D eigenvalue weighted by Gasteiger charge is -2.05. The average Bonchev–Trinajstić information content (AvgIpc) is 2.59. The Bertz CT molecular complexity index is 410. The molecule has 0 rings (SSSR count). The van der Waals surface area contributed by atoms with Crippen LogP contribution in [0.5, 0.6) is 0 Å². The summed E-state index contributed by atoms with van der Waals surface area (Å²) in [4.78, 5) is 22.9. The molecule has 4 heteroatoms. The summed E-state index contributed by atoms with van der Waals surface area (Å²) in [5, 5.41) is 0. The van der Waals surface area contributed by atoms with Crippen LogP contribution in [-0.4, -0.2) is 19.0 Å². The number of methoxy groups -OCH3 is 1. The maximum absolute atomic E-state index is 11.7. The van der Waals surface area contributed by atoms with Crippen LogP contribution in [0.2, 0.25) is 0 Å². The van der Waals surface area contributed by atoms with Gasteiger partial charge in [-0.3, -0.25) is 0 Å². The summed E-state index contributed by atoms with van der Waals surface area (Å²) >= 11 is 0. The molecule has 0 N–H and O–H groups in total. The molecule has 4 nitrogen and oxygen atoms in total. The molecule has 0 amide bonds. The minimum absolute atomic E-state index is 0.248. The van der Waals surface area contributed by atoms with Gasteiger partial charge in [-0.25, -0.2) is 9.59 Å². The Balaban J connectivity index is 3.65. The zero-order valence-corrected chi connectivity index (χ0v) is 15.7. The largest absolute Gasteiger partial charge is 0.466 e. The second-order valence-electron chi connectivity index (χ2n) is 6.23. The van der Waals surface area contributed by atoms with Gasteiger partial charge < -0.3 is 9.47 Å². The lowest BCUT2D eigenvalue weighted by atomic mass is 10.0. The molecule has 0 aromatic heterocycles. The topological polar surface area (TPSA) is 52.6 Å². The van der Waals surface area contributed by atoms with Gasteiger partial charge in [0.2, 0.25) is 0 Å². The van der Waals surface area contributed by atoms with E-state index in [1.165, 1.54) is 65.4 Å². The number of unbranched alkanes of at least 4 members (excludes halogenated alkanes) is 9. The average molecular weight is 338 g/mol. The van der Waals surface area contributed by atoms with Gasteiger partial charge in [-0.1, -0.05) is 71.3 Å². The van der Waals surface area contributed by atoms with Crippen molar-refractivity contribution >= 4 is 11.9 Å². The van der Waals surface area contributed by atoms with Crippen molar-refractivity contribution in [3.8, 4) is 0 Å². The van der Waals surface area contributed by atoms with Gasteiger partial charge in [0.1, 0.15) is 6.26 Å². The molecule has 0 aliphatic rings. The number of hydrogen-bond donors (Lipinski definition) is 0. The SMILES string of the molecule is C=C(CCCCCCCCCCCC)C(=O)O/C=C(\C)C(=O)OC. The standard InChI is InChI=1S/C20H34O4/c1-5-6-7-8-9-10-11-12-13-14-15-17(2)20(22)24-16-18(3)19(21)23-4/h16H,2,5-15H2,1,3-4H3/b18-16+. The van der Waals surface area contributed by atoms with E-state index >= 15 is 0 Å². The van der Waals surface area contributed by atoms with Gasteiger partial charge in [-0.05, 0) is 19.8 Å². The fourth-order valence-corrected chi connectivity index (χ4v) is 2.36. The molecule has 0 saturated carbocycles. The number of ether oxygens (including phenoxy) is 2. The van der Waals surface area contributed by atoms with Crippen molar-refractivity contribution in [1.29, 1.82) is 0 Å². The van der Waals surface area contributed by atoms with E-state index in [9.17, 15) is 9.59 Å². The highest BCUT2D eigenvalue weighted by Crippen LogP contribution is 2.14. The van der Waals surface area contributed by atoms with E-state index in [4.69, 9.17) is 4.74 Å². The Labute approximate surface area is 147 Å². The van der Waals surface area contributed by atoms with Crippen molar-refractivity contribution in [3.63, 3.8) is 0 Å².